The summed E-state index contributed by atoms with van der Waals surface area (Å²) in [6.45, 7) is 5.59. The van der Waals surface area contributed by atoms with Crippen molar-refractivity contribution >= 4 is 10.1 Å². The molecule has 0 aromatic heterocycles. The number of hydrogen-bond donors (Lipinski definition) is 0. The van der Waals surface area contributed by atoms with Crippen LogP contribution in [0.15, 0.2) is 11.8 Å². The molecule has 4 nitrogen and oxygen atoms in total. The van der Waals surface area contributed by atoms with Crippen molar-refractivity contribution in [3.8, 4) is 0 Å². The maximum Gasteiger partial charge on any atom is 0.305 e. The summed E-state index contributed by atoms with van der Waals surface area (Å²) in [5, 5.41) is 0. The highest BCUT2D eigenvalue weighted by Crippen LogP contribution is 2.39. The third-order valence-corrected chi connectivity index (χ3v) is 3.80. The molecule has 17 heavy (non-hydrogen) atoms. The van der Waals surface area contributed by atoms with Crippen LogP contribution in [-0.4, -0.2) is 27.9 Å². The van der Waals surface area contributed by atoms with Gasteiger partial charge in [0.1, 0.15) is 5.76 Å². The highest BCUT2D eigenvalue weighted by molar-refractivity contribution is 7.86. The Morgan fingerprint density at radius 1 is 1.41 bits per heavy atom. The van der Waals surface area contributed by atoms with E-state index in [-0.39, 0.29) is 5.41 Å². The van der Waals surface area contributed by atoms with Gasteiger partial charge in [-0.3, -0.25) is 0 Å². The molecule has 0 radical (unpaired) electrons. The number of ether oxygens (including phenoxy) is 1. The van der Waals surface area contributed by atoms with Gasteiger partial charge in [0.15, 0.2) is 0 Å². The second kappa shape index (κ2) is 5.87. The number of allylic oxidation sites excluding steroid dienone is 2. The molecule has 5 heteroatoms. The average molecular weight is 262 g/mol. The lowest BCUT2D eigenvalue weighted by molar-refractivity contribution is 0.0378. The van der Waals surface area contributed by atoms with Gasteiger partial charge >= 0.3 is 10.1 Å². The highest BCUT2D eigenvalue weighted by atomic mass is 32.2. The first-order valence-electron chi connectivity index (χ1n) is 6.07. The SMILES string of the molecule is CCOCC1(CC)CC=C(OS(C)(=O)=O)CC1. The van der Waals surface area contributed by atoms with Crippen LogP contribution in [-0.2, 0) is 19.0 Å². The van der Waals surface area contributed by atoms with E-state index < -0.39 is 10.1 Å². The fraction of sp³-hybridized carbons (Fsp3) is 0.833. The van der Waals surface area contributed by atoms with Crippen LogP contribution in [0.5, 0.6) is 0 Å². The van der Waals surface area contributed by atoms with E-state index in [1.165, 1.54) is 0 Å². The van der Waals surface area contributed by atoms with Crippen molar-refractivity contribution in [2.45, 2.75) is 39.5 Å². The summed E-state index contributed by atoms with van der Waals surface area (Å²) < 4.78 is 32.5. The molecule has 0 saturated heterocycles. The zero-order chi connectivity index (χ0) is 12.9. The third-order valence-electron chi connectivity index (χ3n) is 3.29. The van der Waals surface area contributed by atoms with E-state index in [0.717, 1.165) is 38.7 Å². The molecule has 1 rings (SSSR count). The Morgan fingerprint density at radius 2 is 2.12 bits per heavy atom. The molecule has 1 atom stereocenters. The van der Waals surface area contributed by atoms with Gasteiger partial charge in [0, 0.05) is 13.0 Å². The first-order chi connectivity index (χ1) is 7.91. The van der Waals surface area contributed by atoms with Crippen LogP contribution in [0.3, 0.4) is 0 Å². The summed E-state index contributed by atoms with van der Waals surface area (Å²) in [6.07, 6.45) is 6.44. The Bertz CT molecular complexity index is 372. The molecule has 0 spiro atoms. The van der Waals surface area contributed by atoms with Crippen molar-refractivity contribution in [2.75, 3.05) is 19.5 Å². The minimum absolute atomic E-state index is 0.153. The predicted molar refractivity (Wildman–Crippen MR) is 67.1 cm³/mol. The summed E-state index contributed by atoms with van der Waals surface area (Å²) in [6, 6.07) is 0. The van der Waals surface area contributed by atoms with Crippen LogP contribution in [0.25, 0.3) is 0 Å². The van der Waals surface area contributed by atoms with Crippen molar-refractivity contribution in [2.24, 2.45) is 5.41 Å². The second-order valence-electron chi connectivity index (χ2n) is 4.65. The predicted octanol–water partition coefficient (Wildman–Crippen LogP) is 2.46. The highest BCUT2D eigenvalue weighted by Gasteiger charge is 2.31. The summed E-state index contributed by atoms with van der Waals surface area (Å²) in [4.78, 5) is 0. The first-order valence-corrected chi connectivity index (χ1v) is 7.89. The largest absolute Gasteiger partial charge is 0.387 e. The summed E-state index contributed by atoms with van der Waals surface area (Å²) in [5.41, 5.74) is 0.153. The molecule has 0 aliphatic heterocycles. The normalized spacial score (nSPS) is 25.5. The van der Waals surface area contributed by atoms with Gasteiger partial charge in [-0.15, -0.1) is 0 Å². The summed E-state index contributed by atoms with van der Waals surface area (Å²) in [5.74, 6) is 0.577. The molecular formula is C12H22O4S. The van der Waals surface area contributed by atoms with E-state index in [9.17, 15) is 8.42 Å². The molecule has 1 aliphatic carbocycles. The Labute approximate surface area is 104 Å². The molecule has 0 aromatic rings. The van der Waals surface area contributed by atoms with Crippen molar-refractivity contribution < 1.29 is 17.3 Å². The molecule has 0 heterocycles. The molecule has 0 saturated carbocycles. The van der Waals surface area contributed by atoms with Gasteiger partial charge < -0.3 is 8.92 Å². The average Bonchev–Trinajstić information content (AvgIpc) is 2.27. The van der Waals surface area contributed by atoms with E-state index in [1.807, 2.05) is 13.0 Å². The topological polar surface area (TPSA) is 52.6 Å². The summed E-state index contributed by atoms with van der Waals surface area (Å²) in [7, 11) is -3.38. The van der Waals surface area contributed by atoms with Crippen LogP contribution >= 0.6 is 0 Å². The molecule has 0 fully saturated rings. The number of hydrogen-bond acceptors (Lipinski definition) is 4. The van der Waals surface area contributed by atoms with Gasteiger partial charge in [-0.2, -0.15) is 8.42 Å². The van der Waals surface area contributed by atoms with Gasteiger partial charge in [-0.1, -0.05) is 6.92 Å². The van der Waals surface area contributed by atoms with Gasteiger partial charge in [0.25, 0.3) is 0 Å². The third kappa shape index (κ3) is 4.68. The Balaban J connectivity index is 2.62. The van der Waals surface area contributed by atoms with E-state index in [4.69, 9.17) is 8.92 Å². The fourth-order valence-electron chi connectivity index (χ4n) is 2.07. The Hall–Kier alpha value is -0.550. The minimum Gasteiger partial charge on any atom is -0.387 e. The van der Waals surface area contributed by atoms with Crippen molar-refractivity contribution in [1.82, 2.24) is 0 Å². The second-order valence-corrected chi connectivity index (χ2v) is 6.23. The molecule has 1 aliphatic rings. The monoisotopic (exact) mass is 262 g/mol. The lowest BCUT2D eigenvalue weighted by Gasteiger charge is -2.34. The molecule has 0 bridgehead atoms. The van der Waals surface area contributed by atoms with Crippen molar-refractivity contribution in [3.63, 3.8) is 0 Å². The van der Waals surface area contributed by atoms with Gasteiger partial charge in [-0.05, 0) is 37.7 Å². The van der Waals surface area contributed by atoms with E-state index >= 15 is 0 Å². The molecular weight excluding hydrogens is 240 g/mol. The van der Waals surface area contributed by atoms with Crippen molar-refractivity contribution in [3.05, 3.63) is 11.8 Å². The van der Waals surface area contributed by atoms with E-state index in [0.29, 0.717) is 12.2 Å². The summed E-state index contributed by atoms with van der Waals surface area (Å²) >= 11 is 0. The van der Waals surface area contributed by atoms with E-state index in [2.05, 4.69) is 6.92 Å². The quantitative estimate of drug-likeness (QED) is 0.690. The lowest BCUT2D eigenvalue weighted by atomic mass is 9.75. The maximum absolute atomic E-state index is 11.0. The van der Waals surface area contributed by atoms with Crippen molar-refractivity contribution in [1.29, 1.82) is 0 Å². The van der Waals surface area contributed by atoms with Crippen LogP contribution in [0.2, 0.25) is 0 Å². The molecule has 100 valence electrons. The first kappa shape index (κ1) is 14.5. The molecule has 0 amide bonds. The minimum atomic E-state index is -3.38. The Kier molecular flexibility index (Phi) is 5.01. The zero-order valence-electron chi connectivity index (χ0n) is 10.9. The van der Waals surface area contributed by atoms with Gasteiger partial charge in [0.05, 0.1) is 12.9 Å². The van der Waals surface area contributed by atoms with Crippen LogP contribution in [0.1, 0.15) is 39.5 Å². The van der Waals surface area contributed by atoms with Crippen LogP contribution < -0.4 is 0 Å². The van der Waals surface area contributed by atoms with E-state index in [1.54, 1.807) is 0 Å². The zero-order valence-corrected chi connectivity index (χ0v) is 11.7. The standard InChI is InChI=1S/C12H22O4S/c1-4-12(10-15-5-2)8-6-11(7-9-12)16-17(3,13)14/h6H,4-5,7-10H2,1-3H3. The van der Waals surface area contributed by atoms with Crippen LogP contribution in [0.4, 0.5) is 0 Å². The lowest BCUT2D eigenvalue weighted by Crippen LogP contribution is -2.29. The van der Waals surface area contributed by atoms with Crippen LogP contribution in [0, 0.1) is 5.41 Å². The van der Waals surface area contributed by atoms with Gasteiger partial charge in [-0.25, -0.2) is 0 Å². The number of rotatable bonds is 6. The molecule has 1 unspecified atom stereocenters. The fourth-order valence-corrected chi connectivity index (χ4v) is 2.61. The smallest absolute Gasteiger partial charge is 0.305 e. The maximum atomic E-state index is 11.0. The Morgan fingerprint density at radius 3 is 2.53 bits per heavy atom. The molecule has 0 N–H and O–H groups in total. The molecule has 0 aromatic carbocycles. The van der Waals surface area contributed by atoms with Gasteiger partial charge in [0.2, 0.25) is 0 Å².